The lowest BCUT2D eigenvalue weighted by atomic mass is 10.1. The van der Waals surface area contributed by atoms with Gasteiger partial charge in [-0.25, -0.2) is 0 Å². The SMILES string of the molecule is CC[C@H](Oc1ccc(C)c(C)c1)C(=O)Nc1cc(C(F)(F)F)ccc1Cl. The molecular formula is C19H19ClF3NO2. The summed E-state index contributed by atoms with van der Waals surface area (Å²) in [5, 5.41) is 2.44. The Morgan fingerprint density at radius 1 is 1.15 bits per heavy atom. The number of benzene rings is 2. The van der Waals surface area contributed by atoms with E-state index in [1.54, 1.807) is 13.0 Å². The van der Waals surface area contributed by atoms with Crippen LogP contribution in [0.1, 0.15) is 30.0 Å². The lowest BCUT2D eigenvalue weighted by Crippen LogP contribution is -2.32. The molecule has 26 heavy (non-hydrogen) atoms. The van der Waals surface area contributed by atoms with E-state index in [1.807, 2.05) is 26.0 Å². The van der Waals surface area contributed by atoms with Gasteiger partial charge in [-0.1, -0.05) is 24.6 Å². The number of anilines is 1. The number of hydrogen-bond acceptors (Lipinski definition) is 2. The molecule has 140 valence electrons. The molecule has 0 aliphatic rings. The molecule has 0 saturated carbocycles. The average molecular weight is 386 g/mol. The van der Waals surface area contributed by atoms with Crippen LogP contribution in [0.2, 0.25) is 5.02 Å². The summed E-state index contributed by atoms with van der Waals surface area (Å²) in [5.74, 6) is -0.0443. The molecule has 2 rings (SSSR count). The molecule has 7 heteroatoms. The van der Waals surface area contributed by atoms with Gasteiger partial charge in [0.05, 0.1) is 16.3 Å². The zero-order valence-electron chi connectivity index (χ0n) is 14.6. The minimum atomic E-state index is -4.52. The molecule has 1 N–H and O–H groups in total. The van der Waals surface area contributed by atoms with Crippen molar-refractivity contribution in [2.75, 3.05) is 5.32 Å². The molecule has 3 nitrogen and oxygen atoms in total. The summed E-state index contributed by atoms with van der Waals surface area (Å²) in [6, 6.07) is 8.20. The molecule has 0 heterocycles. The van der Waals surface area contributed by atoms with Crippen LogP contribution in [0.25, 0.3) is 0 Å². The first-order valence-corrected chi connectivity index (χ1v) is 8.41. The van der Waals surface area contributed by atoms with Crippen LogP contribution in [0.3, 0.4) is 0 Å². The minimum Gasteiger partial charge on any atom is -0.481 e. The number of hydrogen-bond donors (Lipinski definition) is 1. The fourth-order valence-corrected chi connectivity index (χ4v) is 2.45. The van der Waals surface area contributed by atoms with E-state index in [4.69, 9.17) is 16.3 Å². The lowest BCUT2D eigenvalue weighted by Gasteiger charge is -2.19. The number of amides is 1. The number of carbonyl (C=O) groups excluding carboxylic acids is 1. The van der Waals surface area contributed by atoms with Crippen LogP contribution in [0.4, 0.5) is 18.9 Å². The number of ether oxygens (including phenoxy) is 1. The summed E-state index contributed by atoms with van der Waals surface area (Å²) in [4.78, 5) is 12.4. The van der Waals surface area contributed by atoms with E-state index in [0.29, 0.717) is 12.2 Å². The Labute approximate surface area is 155 Å². The fraction of sp³-hybridized carbons (Fsp3) is 0.316. The summed E-state index contributed by atoms with van der Waals surface area (Å²) >= 11 is 5.91. The molecule has 0 aliphatic carbocycles. The van der Waals surface area contributed by atoms with Crippen molar-refractivity contribution >= 4 is 23.2 Å². The maximum atomic E-state index is 12.8. The molecule has 0 spiro atoms. The third-order valence-corrected chi connectivity index (χ3v) is 4.30. The fourth-order valence-electron chi connectivity index (χ4n) is 2.28. The Bertz CT molecular complexity index is 806. The predicted molar refractivity (Wildman–Crippen MR) is 95.7 cm³/mol. The minimum absolute atomic E-state index is 0.0207. The van der Waals surface area contributed by atoms with Crippen molar-refractivity contribution in [2.45, 2.75) is 39.5 Å². The Hall–Kier alpha value is -2.21. The molecule has 0 fully saturated rings. The third kappa shape index (κ3) is 4.91. The van der Waals surface area contributed by atoms with E-state index >= 15 is 0 Å². The second kappa shape index (κ2) is 7.99. The number of alkyl halides is 3. The van der Waals surface area contributed by atoms with Crippen molar-refractivity contribution < 1.29 is 22.7 Å². The van der Waals surface area contributed by atoms with Crippen LogP contribution in [0, 0.1) is 13.8 Å². The number of halogens is 4. The van der Waals surface area contributed by atoms with Gasteiger partial charge in [-0.3, -0.25) is 4.79 Å². The lowest BCUT2D eigenvalue weighted by molar-refractivity contribution is -0.137. The van der Waals surface area contributed by atoms with Crippen molar-refractivity contribution in [2.24, 2.45) is 0 Å². The number of rotatable bonds is 5. The standard InChI is InChI=1S/C19H19ClF3NO2/c1-4-17(26-14-7-5-11(2)12(3)9-14)18(25)24-16-10-13(19(21,22)23)6-8-15(16)20/h5-10,17H,4H2,1-3H3,(H,24,25)/t17-/m0/s1. The van der Waals surface area contributed by atoms with Gasteiger partial charge in [0.2, 0.25) is 0 Å². The predicted octanol–water partition coefficient (Wildman–Crippen LogP) is 5.77. The van der Waals surface area contributed by atoms with Crippen molar-refractivity contribution in [1.29, 1.82) is 0 Å². The van der Waals surface area contributed by atoms with E-state index in [0.717, 1.165) is 29.3 Å². The number of aryl methyl sites for hydroxylation is 2. The van der Waals surface area contributed by atoms with Gasteiger partial charge in [0.1, 0.15) is 5.75 Å². The van der Waals surface area contributed by atoms with E-state index < -0.39 is 23.8 Å². The van der Waals surface area contributed by atoms with Gasteiger partial charge in [-0.05, 0) is 61.7 Å². The summed E-state index contributed by atoms with van der Waals surface area (Å²) in [5.41, 5.74) is 1.11. The highest BCUT2D eigenvalue weighted by Gasteiger charge is 2.31. The van der Waals surface area contributed by atoms with E-state index in [2.05, 4.69) is 5.32 Å². The molecular weight excluding hydrogens is 367 g/mol. The molecule has 2 aromatic carbocycles. The molecule has 0 aromatic heterocycles. The Morgan fingerprint density at radius 3 is 2.42 bits per heavy atom. The smallest absolute Gasteiger partial charge is 0.416 e. The first kappa shape index (κ1) is 20.1. The highest BCUT2D eigenvalue weighted by molar-refractivity contribution is 6.33. The van der Waals surface area contributed by atoms with Gasteiger partial charge in [0, 0.05) is 0 Å². The summed E-state index contributed by atoms with van der Waals surface area (Å²) < 4.78 is 44.2. The number of carbonyl (C=O) groups is 1. The van der Waals surface area contributed by atoms with Gasteiger partial charge < -0.3 is 10.1 Å². The van der Waals surface area contributed by atoms with Crippen LogP contribution < -0.4 is 10.1 Å². The summed E-state index contributed by atoms with van der Waals surface area (Å²) in [6.07, 6.45) is -5.04. The van der Waals surface area contributed by atoms with Gasteiger partial charge in [0.15, 0.2) is 6.10 Å². The van der Waals surface area contributed by atoms with Crippen LogP contribution in [0.5, 0.6) is 5.75 Å². The third-order valence-electron chi connectivity index (χ3n) is 3.97. The van der Waals surface area contributed by atoms with Crippen LogP contribution in [0.15, 0.2) is 36.4 Å². The van der Waals surface area contributed by atoms with Crippen molar-refractivity contribution in [3.05, 3.63) is 58.1 Å². The maximum Gasteiger partial charge on any atom is 0.416 e. The van der Waals surface area contributed by atoms with Crippen molar-refractivity contribution in [3.8, 4) is 5.75 Å². The second-order valence-electron chi connectivity index (χ2n) is 5.94. The van der Waals surface area contributed by atoms with Crippen molar-refractivity contribution in [3.63, 3.8) is 0 Å². The normalized spacial score (nSPS) is 12.6. The van der Waals surface area contributed by atoms with Gasteiger partial charge in [-0.2, -0.15) is 13.2 Å². The monoisotopic (exact) mass is 385 g/mol. The molecule has 2 aromatic rings. The highest BCUT2D eigenvalue weighted by atomic mass is 35.5. The zero-order valence-corrected chi connectivity index (χ0v) is 15.3. The van der Waals surface area contributed by atoms with Gasteiger partial charge >= 0.3 is 6.18 Å². The Kier molecular flexibility index (Phi) is 6.18. The zero-order chi connectivity index (χ0) is 19.5. The van der Waals surface area contributed by atoms with E-state index in [1.165, 1.54) is 0 Å². The Morgan fingerprint density at radius 2 is 1.85 bits per heavy atom. The summed E-state index contributed by atoms with van der Waals surface area (Å²) in [6.45, 7) is 5.63. The highest BCUT2D eigenvalue weighted by Crippen LogP contribution is 2.34. The summed E-state index contributed by atoms with van der Waals surface area (Å²) in [7, 11) is 0. The topological polar surface area (TPSA) is 38.3 Å². The second-order valence-corrected chi connectivity index (χ2v) is 6.35. The molecule has 0 radical (unpaired) electrons. The average Bonchev–Trinajstić information content (AvgIpc) is 2.56. The molecule has 1 atom stereocenters. The first-order chi connectivity index (χ1) is 12.1. The molecule has 0 unspecified atom stereocenters. The Balaban J connectivity index is 2.17. The maximum absolute atomic E-state index is 12.8. The molecule has 0 saturated heterocycles. The largest absolute Gasteiger partial charge is 0.481 e. The van der Waals surface area contributed by atoms with E-state index in [9.17, 15) is 18.0 Å². The van der Waals surface area contributed by atoms with E-state index in [-0.39, 0.29) is 10.7 Å². The van der Waals surface area contributed by atoms with Crippen LogP contribution in [-0.2, 0) is 11.0 Å². The molecule has 1 amide bonds. The number of nitrogens with one attached hydrogen (secondary N) is 1. The first-order valence-electron chi connectivity index (χ1n) is 8.03. The van der Waals surface area contributed by atoms with Crippen molar-refractivity contribution in [1.82, 2.24) is 0 Å². The van der Waals surface area contributed by atoms with Crippen LogP contribution >= 0.6 is 11.6 Å². The van der Waals surface area contributed by atoms with Crippen LogP contribution in [-0.4, -0.2) is 12.0 Å². The van der Waals surface area contributed by atoms with Gasteiger partial charge in [0.25, 0.3) is 5.91 Å². The van der Waals surface area contributed by atoms with Gasteiger partial charge in [-0.15, -0.1) is 0 Å². The molecule has 0 aliphatic heterocycles. The quantitative estimate of drug-likeness (QED) is 0.709. The molecule has 0 bridgehead atoms.